The fourth-order valence-electron chi connectivity index (χ4n) is 4.26. The molecule has 2 saturated heterocycles. The van der Waals surface area contributed by atoms with Crippen LogP contribution in [-0.4, -0.2) is 33.9 Å². The van der Waals surface area contributed by atoms with Gasteiger partial charge in [0.2, 0.25) is 0 Å². The van der Waals surface area contributed by atoms with E-state index in [9.17, 15) is 9.59 Å². The predicted octanol–water partition coefficient (Wildman–Crippen LogP) is 3.11. The van der Waals surface area contributed by atoms with Crippen LogP contribution in [0.25, 0.3) is 0 Å². The molecule has 6 heteroatoms. The van der Waals surface area contributed by atoms with Gasteiger partial charge < -0.3 is 4.90 Å². The number of aromatic nitrogens is 1. The zero-order valence-electron chi connectivity index (χ0n) is 15.4. The highest BCUT2D eigenvalue weighted by Crippen LogP contribution is 2.42. The number of nitriles is 1. The molecule has 2 aromatic rings. The predicted molar refractivity (Wildman–Crippen MR) is 100 cm³/mol. The average molecular weight is 360 g/mol. The zero-order chi connectivity index (χ0) is 19.2. The number of nitrogens with zero attached hydrogens (tertiary/aromatic N) is 4. The first-order valence-electron chi connectivity index (χ1n) is 9.05. The Bertz CT molecular complexity index is 956. The van der Waals surface area contributed by atoms with Gasteiger partial charge in [0.05, 0.1) is 17.3 Å². The Hall–Kier alpha value is -3.20. The first-order valence-corrected chi connectivity index (χ1v) is 9.05. The molecular weight excluding hydrogens is 340 g/mol. The SMILES string of the molecule is Cc1cc(N2C(=O)N3CCCC3(Cc3ccc(C#N)cc3)C2=O)cc(C)n1. The van der Waals surface area contributed by atoms with Crippen LogP contribution in [0.4, 0.5) is 10.5 Å². The maximum absolute atomic E-state index is 13.5. The molecule has 1 atom stereocenters. The largest absolute Gasteiger partial charge is 0.332 e. The molecule has 136 valence electrons. The summed E-state index contributed by atoms with van der Waals surface area (Å²) >= 11 is 0. The summed E-state index contributed by atoms with van der Waals surface area (Å²) < 4.78 is 0. The molecule has 2 fully saturated rings. The van der Waals surface area contributed by atoms with E-state index in [0.717, 1.165) is 23.4 Å². The van der Waals surface area contributed by atoms with Crippen molar-refractivity contribution in [2.75, 3.05) is 11.4 Å². The molecule has 1 unspecified atom stereocenters. The minimum absolute atomic E-state index is 0.167. The van der Waals surface area contributed by atoms with Crippen molar-refractivity contribution in [2.24, 2.45) is 0 Å². The smallest absolute Gasteiger partial charge is 0.309 e. The Labute approximate surface area is 158 Å². The third-order valence-electron chi connectivity index (χ3n) is 5.42. The maximum atomic E-state index is 13.5. The molecule has 2 aliphatic rings. The van der Waals surface area contributed by atoms with Crippen molar-refractivity contribution in [2.45, 2.75) is 38.6 Å². The minimum atomic E-state index is -0.837. The Morgan fingerprint density at radius 2 is 1.81 bits per heavy atom. The Balaban J connectivity index is 1.72. The van der Waals surface area contributed by atoms with Gasteiger partial charge in [0.15, 0.2) is 0 Å². The first-order chi connectivity index (χ1) is 12.9. The number of benzene rings is 1. The van der Waals surface area contributed by atoms with Crippen LogP contribution in [0.5, 0.6) is 0 Å². The maximum Gasteiger partial charge on any atom is 0.332 e. The Morgan fingerprint density at radius 3 is 2.44 bits per heavy atom. The third kappa shape index (κ3) is 2.67. The summed E-state index contributed by atoms with van der Waals surface area (Å²) in [6, 6.07) is 12.6. The van der Waals surface area contributed by atoms with Crippen LogP contribution < -0.4 is 4.90 Å². The van der Waals surface area contributed by atoms with Crippen LogP contribution in [-0.2, 0) is 11.2 Å². The van der Waals surface area contributed by atoms with Crippen molar-refractivity contribution in [1.29, 1.82) is 5.26 Å². The van der Waals surface area contributed by atoms with E-state index in [0.29, 0.717) is 30.6 Å². The fraction of sp³-hybridized carbons (Fsp3) is 0.333. The molecule has 1 aromatic carbocycles. The topological polar surface area (TPSA) is 77.3 Å². The quantitative estimate of drug-likeness (QED) is 0.788. The van der Waals surface area contributed by atoms with Gasteiger partial charge in [0.25, 0.3) is 5.91 Å². The number of carbonyl (C=O) groups is 2. The van der Waals surface area contributed by atoms with Gasteiger partial charge in [0, 0.05) is 24.4 Å². The van der Waals surface area contributed by atoms with E-state index in [1.54, 1.807) is 29.2 Å². The molecule has 6 nitrogen and oxygen atoms in total. The van der Waals surface area contributed by atoms with Crippen molar-refractivity contribution in [1.82, 2.24) is 9.88 Å². The van der Waals surface area contributed by atoms with Crippen LogP contribution in [0.15, 0.2) is 36.4 Å². The van der Waals surface area contributed by atoms with Crippen LogP contribution in [0.3, 0.4) is 0 Å². The lowest BCUT2D eigenvalue weighted by Gasteiger charge is -2.28. The molecule has 3 amide bonds. The highest BCUT2D eigenvalue weighted by Gasteiger charge is 2.59. The van der Waals surface area contributed by atoms with Gasteiger partial charge in [-0.05, 0) is 56.5 Å². The van der Waals surface area contributed by atoms with Crippen LogP contribution in [0.1, 0.15) is 35.4 Å². The molecule has 27 heavy (non-hydrogen) atoms. The molecule has 0 spiro atoms. The number of aryl methyl sites for hydroxylation is 2. The Kier molecular flexibility index (Phi) is 3.96. The molecule has 0 saturated carbocycles. The van der Waals surface area contributed by atoms with Gasteiger partial charge in [-0.1, -0.05) is 12.1 Å². The van der Waals surface area contributed by atoms with E-state index in [1.807, 2.05) is 26.0 Å². The van der Waals surface area contributed by atoms with E-state index in [1.165, 1.54) is 4.90 Å². The lowest BCUT2D eigenvalue weighted by molar-refractivity contribution is -0.123. The van der Waals surface area contributed by atoms with Gasteiger partial charge in [-0.2, -0.15) is 5.26 Å². The number of urea groups is 1. The number of fused-ring (bicyclic) bond motifs is 1. The minimum Gasteiger partial charge on any atom is -0.309 e. The second kappa shape index (κ2) is 6.20. The van der Waals surface area contributed by atoms with Gasteiger partial charge in [-0.25, -0.2) is 9.69 Å². The van der Waals surface area contributed by atoms with Crippen LogP contribution >= 0.6 is 0 Å². The van der Waals surface area contributed by atoms with Gasteiger partial charge in [-0.3, -0.25) is 9.78 Å². The van der Waals surface area contributed by atoms with Crippen LogP contribution in [0.2, 0.25) is 0 Å². The summed E-state index contributed by atoms with van der Waals surface area (Å²) in [4.78, 5) is 33.9. The molecule has 0 bridgehead atoms. The molecule has 0 N–H and O–H groups in total. The molecule has 0 radical (unpaired) electrons. The third-order valence-corrected chi connectivity index (χ3v) is 5.42. The standard InChI is InChI=1S/C21H20N4O2/c1-14-10-18(11-15(2)23-14)25-19(26)21(8-3-9-24(21)20(25)27)12-16-4-6-17(13-22)7-5-16/h4-7,10-11H,3,8-9,12H2,1-2H3. The summed E-state index contributed by atoms with van der Waals surface area (Å²) in [5, 5.41) is 8.98. The van der Waals surface area contributed by atoms with Crippen molar-refractivity contribution in [3.8, 4) is 6.07 Å². The van der Waals surface area contributed by atoms with E-state index >= 15 is 0 Å². The number of carbonyl (C=O) groups excluding carboxylic acids is 2. The molecular formula is C21H20N4O2. The lowest BCUT2D eigenvalue weighted by Crippen LogP contribution is -2.47. The summed E-state index contributed by atoms with van der Waals surface area (Å²) in [5.74, 6) is -0.167. The van der Waals surface area contributed by atoms with Crippen LogP contribution in [0, 0.1) is 25.2 Å². The monoisotopic (exact) mass is 360 g/mol. The molecule has 1 aromatic heterocycles. The molecule has 3 heterocycles. The number of anilines is 1. The van der Waals surface area contributed by atoms with Crippen molar-refractivity contribution < 1.29 is 9.59 Å². The number of pyridine rings is 1. The van der Waals surface area contributed by atoms with E-state index in [2.05, 4.69) is 11.1 Å². The lowest BCUT2D eigenvalue weighted by atomic mass is 9.87. The van der Waals surface area contributed by atoms with E-state index in [-0.39, 0.29) is 11.9 Å². The normalized spacial score (nSPS) is 21.5. The molecule has 0 aliphatic carbocycles. The highest BCUT2D eigenvalue weighted by atomic mass is 16.2. The number of amides is 3. The highest BCUT2D eigenvalue weighted by molar-refractivity contribution is 6.23. The zero-order valence-corrected chi connectivity index (χ0v) is 15.4. The molecule has 4 rings (SSSR count). The summed E-state index contributed by atoms with van der Waals surface area (Å²) in [5.41, 5.74) is 2.83. The molecule has 2 aliphatic heterocycles. The first kappa shape index (κ1) is 17.2. The summed E-state index contributed by atoms with van der Waals surface area (Å²) in [7, 11) is 0. The second-order valence-corrected chi connectivity index (χ2v) is 7.30. The summed E-state index contributed by atoms with van der Waals surface area (Å²) in [6.07, 6.45) is 1.93. The van der Waals surface area contributed by atoms with E-state index in [4.69, 9.17) is 5.26 Å². The van der Waals surface area contributed by atoms with Gasteiger partial charge in [0.1, 0.15) is 5.54 Å². The van der Waals surface area contributed by atoms with Gasteiger partial charge >= 0.3 is 6.03 Å². The second-order valence-electron chi connectivity index (χ2n) is 7.30. The fourth-order valence-corrected chi connectivity index (χ4v) is 4.26. The Morgan fingerprint density at radius 1 is 1.15 bits per heavy atom. The van der Waals surface area contributed by atoms with Gasteiger partial charge in [-0.15, -0.1) is 0 Å². The average Bonchev–Trinajstić information content (AvgIpc) is 3.13. The number of hydrogen-bond donors (Lipinski definition) is 0. The van der Waals surface area contributed by atoms with Crippen molar-refractivity contribution >= 4 is 17.6 Å². The number of imide groups is 1. The summed E-state index contributed by atoms with van der Waals surface area (Å²) in [6.45, 7) is 4.30. The van der Waals surface area contributed by atoms with E-state index < -0.39 is 5.54 Å². The van der Waals surface area contributed by atoms with Crippen molar-refractivity contribution in [3.05, 3.63) is 58.9 Å². The van der Waals surface area contributed by atoms with Crippen molar-refractivity contribution in [3.63, 3.8) is 0 Å². The number of hydrogen-bond acceptors (Lipinski definition) is 4. The number of rotatable bonds is 3.